The van der Waals surface area contributed by atoms with Crippen LogP contribution in [-0.2, 0) is 11.2 Å². The van der Waals surface area contributed by atoms with Crippen LogP contribution in [0.2, 0.25) is 0 Å². The van der Waals surface area contributed by atoms with E-state index in [4.69, 9.17) is 5.73 Å². The Bertz CT molecular complexity index is 1070. The third-order valence-electron chi connectivity index (χ3n) is 3.97. The molecule has 0 unspecified atom stereocenters. The number of nitrogens with zero attached hydrogens (tertiary/aromatic N) is 1. The lowest BCUT2D eigenvalue weighted by Gasteiger charge is -2.03. The first-order chi connectivity index (χ1) is 12.1. The molecule has 0 aliphatic heterocycles. The fourth-order valence-corrected chi connectivity index (χ4v) is 3.69. The Morgan fingerprint density at radius 3 is 2.68 bits per heavy atom. The van der Waals surface area contributed by atoms with Gasteiger partial charge in [0.25, 0.3) is 0 Å². The average molecular weight is 351 g/mol. The number of nitrogens with two attached hydrogens (primary N) is 1. The summed E-state index contributed by atoms with van der Waals surface area (Å²) in [6.07, 6.45) is 0.124. The quantitative estimate of drug-likeness (QED) is 0.580. The number of thiazole rings is 1. The molecule has 25 heavy (non-hydrogen) atoms. The van der Waals surface area contributed by atoms with E-state index in [0.29, 0.717) is 5.01 Å². The van der Waals surface area contributed by atoms with Gasteiger partial charge in [-0.1, -0.05) is 18.2 Å². The standard InChI is InChI=1S/C19H14FN3OS/c20-12-7-5-11(6-8-12)19-18(13-3-1-2-4-14(13)23-19)15-10-25-17(22-15)9-16(21)24/h1-8,10,23H,9H2,(H2,21,24). The zero-order valence-electron chi connectivity index (χ0n) is 13.1. The molecule has 4 nitrogen and oxygen atoms in total. The van der Waals surface area contributed by atoms with Gasteiger partial charge in [0.05, 0.1) is 17.8 Å². The molecule has 3 N–H and O–H groups in total. The van der Waals surface area contributed by atoms with Gasteiger partial charge in [0.15, 0.2) is 0 Å². The zero-order valence-corrected chi connectivity index (χ0v) is 13.9. The maximum Gasteiger partial charge on any atom is 0.224 e. The Morgan fingerprint density at radius 2 is 1.92 bits per heavy atom. The molecule has 0 aliphatic carbocycles. The molecule has 2 heterocycles. The molecule has 0 saturated carbocycles. The van der Waals surface area contributed by atoms with Crippen molar-refractivity contribution in [1.29, 1.82) is 0 Å². The molecule has 0 bridgehead atoms. The Hall–Kier alpha value is -2.99. The second kappa shape index (κ2) is 6.14. The third kappa shape index (κ3) is 2.92. The first-order valence-electron chi connectivity index (χ1n) is 7.71. The monoisotopic (exact) mass is 351 g/mol. The number of hydrogen-bond acceptors (Lipinski definition) is 3. The molecule has 1 amide bonds. The molecular weight excluding hydrogens is 337 g/mol. The number of carbonyl (C=O) groups excluding carboxylic acids is 1. The molecule has 0 spiro atoms. The molecular formula is C19H14FN3OS. The summed E-state index contributed by atoms with van der Waals surface area (Å²) in [7, 11) is 0. The van der Waals surface area contributed by atoms with Crippen LogP contribution in [0.25, 0.3) is 33.4 Å². The molecule has 0 atom stereocenters. The van der Waals surface area contributed by atoms with Gasteiger partial charge < -0.3 is 10.7 Å². The fraction of sp³-hybridized carbons (Fsp3) is 0.0526. The van der Waals surface area contributed by atoms with Crippen molar-refractivity contribution in [2.45, 2.75) is 6.42 Å². The molecule has 6 heteroatoms. The number of fused-ring (bicyclic) bond motifs is 1. The summed E-state index contributed by atoms with van der Waals surface area (Å²) in [4.78, 5) is 19.1. The van der Waals surface area contributed by atoms with Crippen molar-refractivity contribution in [3.8, 4) is 22.5 Å². The number of carbonyl (C=O) groups is 1. The highest BCUT2D eigenvalue weighted by Gasteiger charge is 2.17. The Morgan fingerprint density at radius 1 is 1.16 bits per heavy atom. The summed E-state index contributed by atoms with van der Waals surface area (Å²) in [6, 6.07) is 14.3. The number of rotatable bonds is 4. The van der Waals surface area contributed by atoms with Crippen LogP contribution in [0, 0.1) is 5.82 Å². The maximum absolute atomic E-state index is 13.3. The van der Waals surface area contributed by atoms with Crippen LogP contribution in [-0.4, -0.2) is 15.9 Å². The van der Waals surface area contributed by atoms with Gasteiger partial charge in [-0.3, -0.25) is 4.79 Å². The average Bonchev–Trinajstić information content (AvgIpc) is 3.19. The molecule has 0 radical (unpaired) electrons. The summed E-state index contributed by atoms with van der Waals surface area (Å²) in [5, 5.41) is 3.62. The lowest BCUT2D eigenvalue weighted by Crippen LogP contribution is -2.13. The lowest BCUT2D eigenvalue weighted by atomic mass is 10.0. The van der Waals surface area contributed by atoms with Crippen LogP contribution >= 0.6 is 11.3 Å². The van der Waals surface area contributed by atoms with Gasteiger partial charge in [-0.05, 0) is 35.9 Å². The van der Waals surface area contributed by atoms with Gasteiger partial charge in [0.2, 0.25) is 5.91 Å². The number of benzene rings is 2. The minimum Gasteiger partial charge on any atom is -0.369 e. The van der Waals surface area contributed by atoms with Crippen LogP contribution in [0.5, 0.6) is 0 Å². The van der Waals surface area contributed by atoms with E-state index in [1.54, 1.807) is 12.1 Å². The van der Waals surface area contributed by atoms with E-state index in [1.807, 2.05) is 29.6 Å². The van der Waals surface area contributed by atoms with Crippen molar-refractivity contribution in [2.24, 2.45) is 5.73 Å². The number of para-hydroxylation sites is 1. The highest BCUT2D eigenvalue weighted by molar-refractivity contribution is 7.10. The fourth-order valence-electron chi connectivity index (χ4n) is 2.90. The summed E-state index contributed by atoms with van der Waals surface area (Å²) in [6.45, 7) is 0. The van der Waals surface area contributed by atoms with Crippen LogP contribution < -0.4 is 5.73 Å². The van der Waals surface area contributed by atoms with Crippen molar-refractivity contribution in [1.82, 2.24) is 9.97 Å². The van der Waals surface area contributed by atoms with Crippen LogP contribution in [0.4, 0.5) is 4.39 Å². The SMILES string of the molecule is NC(=O)Cc1nc(-c2c(-c3ccc(F)cc3)[nH]c3ccccc23)cs1. The lowest BCUT2D eigenvalue weighted by molar-refractivity contribution is -0.117. The molecule has 0 fully saturated rings. The van der Waals surface area contributed by atoms with E-state index in [-0.39, 0.29) is 12.2 Å². The van der Waals surface area contributed by atoms with Gasteiger partial charge in [-0.2, -0.15) is 0 Å². The number of amides is 1. The smallest absolute Gasteiger partial charge is 0.224 e. The zero-order chi connectivity index (χ0) is 17.4. The summed E-state index contributed by atoms with van der Waals surface area (Å²) in [5.74, 6) is -0.683. The highest BCUT2D eigenvalue weighted by Crippen LogP contribution is 2.38. The van der Waals surface area contributed by atoms with Gasteiger partial charge in [-0.25, -0.2) is 9.37 Å². The Labute approximate surface area is 147 Å². The minimum atomic E-state index is -0.404. The second-order valence-electron chi connectivity index (χ2n) is 5.70. The van der Waals surface area contributed by atoms with Crippen LogP contribution in [0.15, 0.2) is 53.9 Å². The van der Waals surface area contributed by atoms with E-state index >= 15 is 0 Å². The largest absolute Gasteiger partial charge is 0.369 e. The first kappa shape index (κ1) is 15.5. The molecule has 2 aromatic carbocycles. The number of halogens is 1. The van der Waals surface area contributed by atoms with Gasteiger partial charge in [-0.15, -0.1) is 11.3 Å². The molecule has 2 aromatic heterocycles. The van der Waals surface area contributed by atoms with E-state index < -0.39 is 5.91 Å². The van der Waals surface area contributed by atoms with E-state index in [0.717, 1.165) is 33.4 Å². The summed E-state index contributed by atoms with van der Waals surface area (Å²) < 4.78 is 13.3. The second-order valence-corrected chi connectivity index (χ2v) is 6.64. The topological polar surface area (TPSA) is 71.8 Å². The number of nitrogens with one attached hydrogen (secondary N) is 1. The first-order valence-corrected chi connectivity index (χ1v) is 8.59. The van der Waals surface area contributed by atoms with Crippen molar-refractivity contribution >= 4 is 28.1 Å². The number of primary amides is 1. The van der Waals surface area contributed by atoms with E-state index in [9.17, 15) is 9.18 Å². The molecule has 4 rings (SSSR count). The van der Waals surface area contributed by atoms with Crippen molar-refractivity contribution < 1.29 is 9.18 Å². The summed E-state index contributed by atoms with van der Waals surface area (Å²) >= 11 is 1.41. The molecule has 0 aliphatic rings. The van der Waals surface area contributed by atoms with Crippen LogP contribution in [0.1, 0.15) is 5.01 Å². The Kier molecular flexibility index (Phi) is 3.82. The molecule has 124 valence electrons. The highest BCUT2D eigenvalue weighted by atomic mass is 32.1. The number of aromatic nitrogens is 2. The normalized spacial score (nSPS) is 11.1. The molecule has 0 saturated heterocycles. The van der Waals surface area contributed by atoms with Crippen molar-refractivity contribution in [3.63, 3.8) is 0 Å². The third-order valence-corrected chi connectivity index (χ3v) is 4.82. The minimum absolute atomic E-state index is 0.124. The Balaban J connectivity index is 1.92. The van der Waals surface area contributed by atoms with Crippen molar-refractivity contribution in [3.05, 3.63) is 64.7 Å². The number of H-pyrrole nitrogens is 1. The van der Waals surface area contributed by atoms with Gasteiger partial charge in [0.1, 0.15) is 10.8 Å². The predicted molar refractivity (Wildman–Crippen MR) is 97.7 cm³/mol. The van der Waals surface area contributed by atoms with Gasteiger partial charge >= 0.3 is 0 Å². The molecule has 4 aromatic rings. The van der Waals surface area contributed by atoms with Crippen LogP contribution in [0.3, 0.4) is 0 Å². The number of aromatic amines is 1. The van der Waals surface area contributed by atoms with Crippen molar-refractivity contribution in [2.75, 3.05) is 0 Å². The van der Waals surface area contributed by atoms with Gasteiger partial charge in [0, 0.05) is 21.8 Å². The maximum atomic E-state index is 13.3. The summed E-state index contributed by atoms with van der Waals surface area (Å²) in [5.41, 5.74) is 9.70. The predicted octanol–water partition coefficient (Wildman–Crippen LogP) is 4.13. The number of hydrogen-bond donors (Lipinski definition) is 2. The van der Waals surface area contributed by atoms with E-state index in [2.05, 4.69) is 9.97 Å². The van der Waals surface area contributed by atoms with E-state index in [1.165, 1.54) is 23.5 Å².